The average Bonchev–Trinajstić information content (AvgIpc) is 3.04. The lowest BCUT2D eigenvalue weighted by atomic mass is 10.1. The summed E-state index contributed by atoms with van der Waals surface area (Å²) in [5.41, 5.74) is 2.59. The van der Waals surface area contributed by atoms with Gasteiger partial charge < -0.3 is 15.5 Å². The monoisotopic (exact) mass is 448 g/mol. The zero-order chi connectivity index (χ0) is 15.8. The van der Waals surface area contributed by atoms with E-state index >= 15 is 0 Å². The molecule has 1 saturated heterocycles. The number of aliphatic imine (C=N–C) groups is 1. The normalized spacial score (nSPS) is 17.5. The van der Waals surface area contributed by atoms with Crippen LogP contribution in [-0.2, 0) is 6.42 Å². The minimum Gasteiger partial charge on any atom is -0.378 e. The fourth-order valence-electron chi connectivity index (χ4n) is 2.52. The quantitative estimate of drug-likeness (QED) is 0.399. The van der Waals surface area contributed by atoms with E-state index < -0.39 is 0 Å². The SMILES string of the molecule is CN=C(NCCc1ccc(N(C)C)cc1)NCC1CCCS1.I. The minimum atomic E-state index is 0. The van der Waals surface area contributed by atoms with Gasteiger partial charge in [0, 0.05) is 45.2 Å². The maximum Gasteiger partial charge on any atom is 0.191 e. The van der Waals surface area contributed by atoms with Crippen LogP contribution < -0.4 is 15.5 Å². The molecule has 0 aromatic heterocycles. The molecule has 1 aromatic carbocycles. The summed E-state index contributed by atoms with van der Waals surface area (Å²) in [6.07, 6.45) is 3.69. The molecule has 1 heterocycles. The van der Waals surface area contributed by atoms with Crippen molar-refractivity contribution >= 4 is 47.4 Å². The largest absolute Gasteiger partial charge is 0.378 e. The predicted octanol–water partition coefficient (Wildman–Crippen LogP) is 2.97. The first-order valence-corrected chi connectivity index (χ1v) is 9.06. The standard InChI is InChI=1S/C17H28N4S.HI/c1-18-17(20-13-16-5-4-12-22-16)19-11-10-14-6-8-15(9-7-14)21(2)3;/h6-9,16H,4-5,10-13H2,1-3H3,(H2,18,19,20);1H. The summed E-state index contributed by atoms with van der Waals surface area (Å²) < 4.78 is 0. The molecule has 2 N–H and O–H groups in total. The number of thioether (sulfide) groups is 1. The van der Waals surface area contributed by atoms with Gasteiger partial charge in [-0.3, -0.25) is 4.99 Å². The minimum absolute atomic E-state index is 0. The van der Waals surface area contributed by atoms with Crippen molar-refractivity contribution < 1.29 is 0 Å². The fraction of sp³-hybridized carbons (Fsp3) is 0.588. The lowest BCUT2D eigenvalue weighted by Crippen LogP contribution is -2.40. The van der Waals surface area contributed by atoms with Gasteiger partial charge in [0.2, 0.25) is 0 Å². The van der Waals surface area contributed by atoms with E-state index in [9.17, 15) is 0 Å². The second kappa shape index (κ2) is 11.0. The van der Waals surface area contributed by atoms with E-state index in [2.05, 4.69) is 70.6 Å². The third-order valence-corrected chi connectivity index (χ3v) is 5.30. The van der Waals surface area contributed by atoms with Crippen molar-refractivity contribution in [2.75, 3.05) is 44.9 Å². The molecule has 0 bridgehead atoms. The Hall–Kier alpha value is -0.630. The van der Waals surface area contributed by atoms with Gasteiger partial charge in [-0.15, -0.1) is 24.0 Å². The number of nitrogens with zero attached hydrogens (tertiary/aromatic N) is 2. The summed E-state index contributed by atoms with van der Waals surface area (Å²) in [6.45, 7) is 1.92. The van der Waals surface area contributed by atoms with E-state index in [4.69, 9.17) is 0 Å². The van der Waals surface area contributed by atoms with E-state index in [1.807, 2.05) is 7.05 Å². The maximum absolute atomic E-state index is 4.30. The molecule has 0 aliphatic carbocycles. The number of halogens is 1. The smallest absolute Gasteiger partial charge is 0.191 e. The fourth-order valence-corrected chi connectivity index (χ4v) is 3.72. The third kappa shape index (κ3) is 7.20. The summed E-state index contributed by atoms with van der Waals surface area (Å²) in [4.78, 5) is 6.42. The van der Waals surface area contributed by atoms with E-state index in [0.29, 0.717) is 0 Å². The van der Waals surface area contributed by atoms with Crippen molar-refractivity contribution in [2.45, 2.75) is 24.5 Å². The molecule has 0 radical (unpaired) electrons. The van der Waals surface area contributed by atoms with Gasteiger partial charge in [-0.05, 0) is 42.7 Å². The Morgan fingerprint density at radius 3 is 2.57 bits per heavy atom. The lowest BCUT2D eigenvalue weighted by molar-refractivity contribution is 0.724. The second-order valence-electron chi connectivity index (χ2n) is 5.83. The van der Waals surface area contributed by atoms with E-state index in [1.165, 1.54) is 29.8 Å². The highest BCUT2D eigenvalue weighted by Gasteiger charge is 2.15. The van der Waals surface area contributed by atoms with Gasteiger partial charge in [0.05, 0.1) is 0 Å². The van der Waals surface area contributed by atoms with Crippen LogP contribution in [-0.4, -0.2) is 51.2 Å². The molecule has 4 nitrogen and oxygen atoms in total. The number of rotatable bonds is 6. The van der Waals surface area contributed by atoms with Crippen LogP contribution in [0.5, 0.6) is 0 Å². The van der Waals surface area contributed by atoms with Gasteiger partial charge in [-0.25, -0.2) is 0 Å². The summed E-state index contributed by atoms with van der Waals surface area (Å²) in [5.74, 6) is 2.22. The number of hydrogen-bond acceptors (Lipinski definition) is 3. The Balaban J connectivity index is 0.00000264. The zero-order valence-electron chi connectivity index (χ0n) is 14.3. The van der Waals surface area contributed by atoms with Crippen molar-refractivity contribution in [3.05, 3.63) is 29.8 Å². The molecular weight excluding hydrogens is 419 g/mol. The number of guanidine groups is 1. The van der Waals surface area contributed by atoms with Gasteiger partial charge in [0.1, 0.15) is 0 Å². The van der Waals surface area contributed by atoms with Crippen LogP contribution in [0.2, 0.25) is 0 Å². The molecule has 1 aliphatic heterocycles. The molecule has 1 aliphatic rings. The molecule has 6 heteroatoms. The molecule has 0 spiro atoms. The van der Waals surface area contributed by atoms with Crippen molar-refractivity contribution in [1.82, 2.24) is 10.6 Å². The molecule has 1 aromatic rings. The zero-order valence-corrected chi connectivity index (χ0v) is 17.5. The molecule has 2 rings (SSSR count). The van der Waals surface area contributed by atoms with E-state index in [1.54, 1.807) is 0 Å². The summed E-state index contributed by atoms with van der Waals surface area (Å²) >= 11 is 2.07. The first kappa shape index (κ1) is 20.4. The molecule has 0 amide bonds. The Morgan fingerprint density at radius 1 is 1.26 bits per heavy atom. The van der Waals surface area contributed by atoms with Crippen LogP contribution in [0.3, 0.4) is 0 Å². The van der Waals surface area contributed by atoms with Crippen LogP contribution in [0.4, 0.5) is 5.69 Å². The van der Waals surface area contributed by atoms with Crippen molar-refractivity contribution in [1.29, 1.82) is 0 Å². The Kier molecular flexibility index (Phi) is 9.78. The number of anilines is 1. The van der Waals surface area contributed by atoms with E-state index in [0.717, 1.165) is 30.7 Å². The van der Waals surface area contributed by atoms with Crippen LogP contribution in [0.25, 0.3) is 0 Å². The predicted molar refractivity (Wildman–Crippen MR) is 115 cm³/mol. The Morgan fingerprint density at radius 2 is 2.00 bits per heavy atom. The van der Waals surface area contributed by atoms with Gasteiger partial charge in [-0.2, -0.15) is 11.8 Å². The molecule has 1 fully saturated rings. The topological polar surface area (TPSA) is 39.7 Å². The summed E-state index contributed by atoms with van der Waals surface area (Å²) in [6, 6.07) is 8.73. The van der Waals surface area contributed by atoms with Crippen molar-refractivity contribution in [3.8, 4) is 0 Å². The van der Waals surface area contributed by atoms with Crippen LogP contribution in [0.1, 0.15) is 18.4 Å². The first-order valence-electron chi connectivity index (χ1n) is 8.01. The molecule has 0 saturated carbocycles. The highest BCUT2D eigenvalue weighted by molar-refractivity contribution is 14.0. The highest BCUT2D eigenvalue weighted by atomic mass is 127. The lowest BCUT2D eigenvalue weighted by Gasteiger charge is -2.15. The number of nitrogens with one attached hydrogen (secondary N) is 2. The maximum atomic E-state index is 4.30. The average molecular weight is 448 g/mol. The Bertz CT molecular complexity index is 470. The molecule has 1 unspecified atom stereocenters. The van der Waals surface area contributed by atoms with Crippen LogP contribution in [0.15, 0.2) is 29.3 Å². The van der Waals surface area contributed by atoms with Gasteiger partial charge in [-0.1, -0.05) is 12.1 Å². The summed E-state index contributed by atoms with van der Waals surface area (Å²) in [7, 11) is 5.96. The molecule has 23 heavy (non-hydrogen) atoms. The van der Waals surface area contributed by atoms with Gasteiger partial charge in [0.25, 0.3) is 0 Å². The highest BCUT2D eigenvalue weighted by Crippen LogP contribution is 2.25. The second-order valence-corrected chi connectivity index (χ2v) is 7.23. The van der Waals surface area contributed by atoms with Crippen LogP contribution in [0, 0.1) is 0 Å². The molecule has 130 valence electrons. The molecule has 1 atom stereocenters. The van der Waals surface area contributed by atoms with E-state index in [-0.39, 0.29) is 24.0 Å². The summed E-state index contributed by atoms with van der Waals surface area (Å²) in [5, 5.41) is 7.58. The first-order chi connectivity index (χ1) is 10.7. The van der Waals surface area contributed by atoms with Gasteiger partial charge >= 0.3 is 0 Å². The van der Waals surface area contributed by atoms with Crippen LogP contribution >= 0.6 is 35.7 Å². The Labute approximate surface area is 161 Å². The molecular formula is C17H29IN4S. The number of benzene rings is 1. The van der Waals surface area contributed by atoms with Crippen molar-refractivity contribution in [2.24, 2.45) is 4.99 Å². The third-order valence-electron chi connectivity index (χ3n) is 3.90. The van der Waals surface area contributed by atoms with Gasteiger partial charge in [0.15, 0.2) is 5.96 Å². The number of hydrogen-bond donors (Lipinski definition) is 2. The van der Waals surface area contributed by atoms with Crippen molar-refractivity contribution in [3.63, 3.8) is 0 Å².